The van der Waals surface area contributed by atoms with Crippen LogP contribution in [0.25, 0.3) is 0 Å². The van der Waals surface area contributed by atoms with Crippen molar-refractivity contribution in [2.75, 3.05) is 7.11 Å². The molecule has 0 saturated carbocycles. The fourth-order valence-electron chi connectivity index (χ4n) is 1.13. The van der Waals surface area contributed by atoms with Gasteiger partial charge in [-0.25, -0.2) is 0 Å². The van der Waals surface area contributed by atoms with Gasteiger partial charge >= 0.3 is 0 Å². The first-order valence-electron chi connectivity index (χ1n) is 4.44. The Bertz CT molecular complexity index is 345. The van der Waals surface area contributed by atoms with Gasteiger partial charge in [-0.3, -0.25) is 4.79 Å². The van der Waals surface area contributed by atoms with Gasteiger partial charge < -0.3 is 4.74 Å². The number of ether oxygens (including phenoxy) is 1. The molecule has 0 amide bonds. The maximum atomic E-state index is 11.7. The number of Topliss-reactive ketones (excluding diaryl/α,β-unsaturated/α-hetero) is 1. The number of carbonyl (C=O) groups excluding carboxylic acids is 1. The van der Waals surface area contributed by atoms with Gasteiger partial charge in [0.25, 0.3) is 0 Å². The van der Waals surface area contributed by atoms with E-state index in [4.69, 9.17) is 16.3 Å². The quantitative estimate of drug-likeness (QED) is 0.720. The molecule has 1 aromatic rings. The number of methoxy groups -OCH3 is 1. The van der Waals surface area contributed by atoms with Crippen LogP contribution in [0.4, 0.5) is 0 Å². The molecule has 0 unspecified atom stereocenters. The number of hydrogen-bond donors (Lipinski definition) is 0. The van der Waals surface area contributed by atoms with Gasteiger partial charge in [0.2, 0.25) is 0 Å². The van der Waals surface area contributed by atoms with E-state index >= 15 is 0 Å². The fraction of sp³-hybridized carbons (Fsp3) is 0.364. The number of ketones is 1. The van der Waals surface area contributed by atoms with Crippen molar-refractivity contribution in [3.05, 3.63) is 28.8 Å². The predicted octanol–water partition coefficient (Wildman–Crippen LogP) is 3.19. The topological polar surface area (TPSA) is 26.3 Å². The summed E-state index contributed by atoms with van der Waals surface area (Å²) in [5, 5.41) is 0.476. The van der Waals surface area contributed by atoms with E-state index in [1.165, 1.54) is 0 Å². The van der Waals surface area contributed by atoms with Crippen molar-refractivity contribution >= 4 is 17.4 Å². The summed E-state index contributed by atoms with van der Waals surface area (Å²) in [7, 11) is 1.56. The van der Waals surface area contributed by atoms with Crippen LogP contribution in [0.2, 0.25) is 5.02 Å². The summed E-state index contributed by atoms with van der Waals surface area (Å²) in [6.45, 7) is 3.69. The Morgan fingerprint density at radius 3 is 2.57 bits per heavy atom. The van der Waals surface area contributed by atoms with Crippen molar-refractivity contribution in [2.45, 2.75) is 13.8 Å². The van der Waals surface area contributed by atoms with E-state index in [0.717, 1.165) is 0 Å². The fourth-order valence-corrected chi connectivity index (χ4v) is 1.34. The molecular formula is C11H13ClO2. The molecule has 0 aliphatic heterocycles. The zero-order valence-corrected chi connectivity index (χ0v) is 9.26. The van der Waals surface area contributed by atoms with Crippen molar-refractivity contribution in [1.82, 2.24) is 0 Å². The average molecular weight is 213 g/mol. The molecule has 0 aliphatic carbocycles. The Hall–Kier alpha value is -1.02. The molecule has 3 heteroatoms. The zero-order valence-electron chi connectivity index (χ0n) is 8.50. The monoisotopic (exact) mass is 212 g/mol. The molecule has 76 valence electrons. The predicted molar refractivity (Wildman–Crippen MR) is 57.2 cm³/mol. The van der Waals surface area contributed by atoms with E-state index in [1.807, 2.05) is 13.8 Å². The maximum absolute atomic E-state index is 11.7. The van der Waals surface area contributed by atoms with Crippen LogP contribution in [-0.4, -0.2) is 12.9 Å². The number of carbonyl (C=O) groups is 1. The molecule has 0 atom stereocenters. The van der Waals surface area contributed by atoms with Crippen molar-refractivity contribution in [3.8, 4) is 5.75 Å². The van der Waals surface area contributed by atoms with Gasteiger partial charge in [-0.15, -0.1) is 0 Å². The summed E-state index contributed by atoms with van der Waals surface area (Å²) in [4.78, 5) is 11.7. The lowest BCUT2D eigenvalue weighted by molar-refractivity contribution is 0.0939. The second-order valence-corrected chi connectivity index (χ2v) is 3.77. The van der Waals surface area contributed by atoms with Crippen LogP contribution in [-0.2, 0) is 0 Å². The van der Waals surface area contributed by atoms with Crippen LogP contribution in [0.1, 0.15) is 24.2 Å². The number of hydrogen-bond acceptors (Lipinski definition) is 2. The molecule has 0 aliphatic rings. The molecule has 1 aromatic carbocycles. The highest BCUT2D eigenvalue weighted by Crippen LogP contribution is 2.24. The molecule has 0 fully saturated rings. The van der Waals surface area contributed by atoms with Crippen molar-refractivity contribution < 1.29 is 9.53 Å². The van der Waals surface area contributed by atoms with Gasteiger partial charge in [0.15, 0.2) is 5.78 Å². The highest BCUT2D eigenvalue weighted by Gasteiger charge is 2.14. The Morgan fingerprint density at radius 2 is 2.07 bits per heavy atom. The smallest absolute Gasteiger partial charge is 0.167 e. The Labute approximate surface area is 88.8 Å². The molecule has 0 heterocycles. The van der Waals surface area contributed by atoms with E-state index in [1.54, 1.807) is 25.3 Å². The minimum absolute atomic E-state index is 0.0360. The van der Waals surface area contributed by atoms with E-state index in [9.17, 15) is 4.79 Å². The SMILES string of the molecule is COc1ccc(Cl)c(C(=O)C(C)C)c1. The van der Waals surface area contributed by atoms with Gasteiger partial charge in [-0.2, -0.15) is 0 Å². The molecule has 0 N–H and O–H groups in total. The maximum Gasteiger partial charge on any atom is 0.167 e. The molecular weight excluding hydrogens is 200 g/mol. The Morgan fingerprint density at radius 1 is 1.43 bits per heavy atom. The first-order valence-corrected chi connectivity index (χ1v) is 4.81. The average Bonchev–Trinajstić information content (AvgIpc) is 2.17. The number of benzene rings is 1. The van der Waals surface area contributed by atoms with Crippen LogP contribution in [0.15, 0.2) is 18.2 Å². The van der Waals surface area contributed by atoms with Crippen LogP contribution < -0.4 is 4.74 Å². The van der Waals surface area contributed by atoms with Gasteiger partial charge in [0, 0.05) is 11.5 Å². The lowest BCUT2D eigenvalue weighted by Gasteiger charge is -2.08. The normalized spacial score (nSPS) is 10.4. The first-order chi connectivity index (χ1) is 6.56. The molecule has 0 aromatic heterocycles. The zero-order chi connectivity index (χ0) is 10.7. The minimum Gasteiger partial charge on any atom is -0.497 e. The van der Waals surface area contributed by atoms with Gasteiger partial charge in [0.05, 0.1) is 12.1 Å². The third kappa shape index (κ3) is 2.26. The lowest BCUT2D eigenvalue weighted by atomic mass is 10.0. The van der Waals surface area contributed by atoms with E-state index < -0.39 is 0 Å². The Balaban J connectivity index is 3.12. The van der Waals surface area contributed by atoms with Crippen molar-refractivity contribution in [1.29, 1.82) is 0 Å². The van der Waals surface area contributed by atoms with E-state index in [-0.39, 0.29) is 11.7 Å². The number of halogens is 1. The summed E-state index contributed by atoms with van der Waals surface area (Å²) in [6.07, 6.45) is 0. The highest BCUT2D eigenvalue weighted by atomic mass is 35.5. The molecule has 14 heavy (non-hydrogen) atoms. The van der Waals surface area contributed by atoms with E-state index in [2.05, 4.69) is 0 Å². The van der Waals surface area contributed by atoms with Gasteiger partial charge in [-0.1, -0.05) is 25.4 Å². The van der Waals surface area contributed by atoms with Crippen LogP contribution in [0, 0.1) is 5.92 Å². The molecule has 1 rings (SSSR count). The van der Waals surface area contributed by atoms with Crippen molar-refractivity contribution in [3.63, 3.8) is 0 Å². The van der Waals surface area contributed by atoms with E-state index in [0.29, 0.717) is 16.3 Å². The molecule has 0 saturated heterocycles. The summed E-state index contributed by atoms with van der Waals surface area (Å²) < 4.78 is 5.03. The highest BCUT2D eigenvalue weighted by molar-refractivity contribution is 6.34. The molecule has 0 spiro atoms. The molecule has 2 nitrogen and oxygen atoms in total. The van der Waals surface area contributed by atoms with Crippen molar-refractivity contribution in [2.24, 2.45) is 5.92 Å². The number of rotatable bonds is 3. The summed E-state index contributed by atoms with van der Waals surface area (Å²) in [5.41, 5.74) is 0.529. The summed E-state index contributed by atoms with van der Waals surface area (Å²) in [6, 6.07) is 5.08. The van der Waals surface area contributed by atoms with Crippen LogP contribution in [0.3, 0.4) is 0 Å². The van der Waals surface area contributed by atoms with Crippen LogP contribution in [0.5, 0.6) is 5.75 Å². The molecule has 0 bridgehead atoms. The third-order valence-corrected chi connectivity index (χ3v) is 2.29. The second-order valence-electron chi connectivity index (χ2n) is 3.36. The lowest BCUT2D eigenvalue weighted by Crippen LogP contribution is -2.08. The largest absolute Gasteiger partial charge is 0.497 e. The second kappa shape index (κ2) is 4.47. The first kappa shape index (κ1) is 11.1. The summed E-state index contributed by atoms with van der Waals surface area (Å²) >= 11 is 5.92. The Kier molecular flexibility index (Phi) is 3.53. The van der Waals surface area contributed by atoms with Crippen LogP contribution >= 0.6 is 11.6 Å². The minimum atomic E-state index is -0.0559. The summed E-state index contributed by atoms with van der Waals surface area (Å²) in [5.74, 6) is 0.631. The van der Waals surface area contributed by atoms with Gasteiger partial charge in [0.1, 0.15) is 5.75 Å². The third-order valence-electron chi connectivity index (χ3n) is 1.96. The standard InChI is InChI=1S/C11H13ClO2/c1-7(2)11(13)9-6-8(14-3)4-5-10(9)12/h4-7H,1-3H3. The molecule has 0 radical (unpaired) electrons. The van der Waals surface area contributed by atoms with Gasteiger partial charge in [-0.05, 0) is 18.2 Å².